The van der Waals surface area contributed by atoms with E-state index >= 15 is 0 Å². The maximum absolute atomic E-state index is 11.5. The van der Waals surface area contributed by atoms with Gasteiger partial charge in [-0.05, 0) is 48.7 Å². The van der Waals surface area contributed by atoms with Gasteiger partial charge in [0.05, 0.1) is 13.1 Å². The summed E-state index contributed by atoms with van der Waals surface area (Å²) < 4.78 is 11.8. The topological polar surface area (TPSA) is 84.0 Å². The molecule has 3 N–H and O–H groups in total. The van der Waals surface area contributed by atoms with E-state index in [4.69, 9.17) is 9.47 Å². The zero-order valence-corrected chi connectivity index (χ0v) is 17.2. The van der Waals surface area contributed by atoms with Crippen LogP contribution in [0.15, 0.2) is 47.5 Å². The number of rotatable bonds is 7. The van der Waals surface area contributed by atoms with E-state index in [0.29, 0.717) is 26.1 Å². The largest absolute Gasteiger partial charge is 0.492 e. The lowest BCUT2D eigenvalue weighted by molar-refractivity contribution is -0.116. The van der Waals surface area contributed by atoms with Gasteiger partial charge in [-0.25, -0.2) is 4.99 Å². The van der Waals surface area contributed by atoms with E-state index in [0.717, 1.165) is 48.1 Å². The number of aliphatic imine (C=N–C) groups is 1. The lowest BCUT2D eigenvalue weighted by Crippen LogP contribution is -2.40. The zero-order chi connectivity index (χ0) is 20.8. The van der Waals surface area contributed by atoms with Gasteiger partial charge in [0.25, 0.3) is 0 Å². The van der Waals surface area contributed by atoms with Crippen LogP contribution >= 0.6 is 0 Å². The second kappa shape index (κ2) is 9.52. The Hall–Kier alpha value is -3.22. The number of aryl methyl sites for hydroxylation is 1. The smallest absolute Gasteiger partial charge is 0.224 e. The number of carbonyl (C=O) groups is 1. The van der Waals surface area contributed by atoms with Gasteiger partial charge in [0.15, 0.2) is 5.96 Å². The molecule has 0 saturated carbocycles. The molecule has 7 nitrogen and oxygen atoms in total. The van der Waals surface area contributed by atoms with Crippen molar-refractivity contribution in [2.24, 2.45) is 4.99 Å². The molecular formula is C23H28N4O3. The lowest BCUT2D eigenvalue weighted by atomic mass is 10.0. The number of hydrogen-bond donors (Lipinski definition) is 3. The number of para-hydroxylation sites is 1. The summed E-state index contributed by atoms with van der Waals surface area (Å²) in [5.74, 6) is 2.61. The van der Waals surface area contributed by atoms with E-state index in [2.05, 4.69) is 27.0 Å². The van der Waals surface area contributed by atoms with Crippen LogP contribution in [0.2, 0.25) is 0 Å². The van der Waals surface area contributed by atoms with Crippen LogP contribution in [0.3, 0.4) is 0 Å². The van der Waals surface area contributed by atoms with Crippen molar-refractivity contribution in [3.05, 3.63) is 53.6 Å². The molecular weight excluding hydrogens is 380 g/mol. The molecule has 0 fully saturated rings. The van der Waals surface area contributed by atoms with Crippen molar-refractivity contribution in [3.63, 3.8) is 0 Å². The molecule has 158 valence electrons. The number of carbonyl (C=O) groups excluding carboxylic acids is 1. The second-order valence-electron chi connectivity index (χ2n) is 7.41. The summed E-state index contributed by atoms with van der Waals surface area (Å²) >= 11 is 0. The normalized spacial score (nSPS) is 17.4. The SMILES string of the molecule is CCNC(=NCC1Cc2ccccc2O1)NCCOc1ccc2c(c1)CCC(=O)N2. The first kappa shape index (κ1) is 20.1. The molecule has 2 aliphatic heterocycles. The summed E-state index contributed by atoms with van der Waals surface area (Å²) in [7, 11) is 0. The highest BCUT2D eigenvalue weighted by Crippen LogP contribution is 2.28. The summed E-state index contributed by atoms with van der Waals surface area (Å²) in [6, 6.07) is 13.9. The quantitative estimate of drug-likeness (QED) is 0.372. The molecule has 7 heteroatoms. The predicted molar refractivity (Wildman–Crippen MR) is 117 cm³/mol. The van der Waals surface area contributed by atoms with Gasteiger partial charge in [-0.2, -0.15) is 0 Å². The molecule has 0 saturated heterocycles. The van der Waals surface area contributed by atoms with Gasteiger partial charge in [0, 0.05) is 25.1 Å². The van der Waals surface area contributed by atoms with Crippen LogP contribution < -0.4 is 25.4 Å². The number of fused-ring (bicyclic) bond motifs is 2. The first-order valence-electron chi connectivity index (χ1n) is 10.5. The van der Waals surface area contributed by atoms with Crippen LogP contribution in [-0.2, 0) is 17.6 Å². The number of guanidine groups is 1. The fourth-order valence-corrected chi connectivity index (χ4v) is 3.68. The van der Waals surface area contributed by atoms with Crippen LogP contribution in [-0.4, -0.2) is 44.2 Å². The average Bonchev–Trinajstić information content (AvgIpc) is 3.18. The van der Waals surface area contributed by atoms with Crippen LogP contribution in [0.25, 0.3) is 0 Å². The van der Waals surface area contributed by atoms with Crippen LogP contribution in [0.5, 0.6) is 11.5 Å². The standard InChI is InChI=1S/C23H28N4O3/c1-2-24-23(26-15-19-14-17-5-3-4-6-21(17)30-19)25-11-12-29-18-8-9-20-16(13-18)7-10-22(28)27-20/h3-6,8-9,13,19H,2,7,10-12,14-15H2,1H3,(H,27,28)(H2,24,25,26). The molecule has 0 radical (unpaired) electrons. The summed E-state index contributed by atoms with van der Waals surface area (Å²) in [5, 5.41) is 9.45. The van der Waals surface area contributed by atoms with Crippen molar-refractivity contribution in [1.29, 1.82) is 0 Å². The predicted octanol–water partition coefficient (Wildman–Crippen LogP) is 2.51. The molecule has 1 atom stereocenters. The Morgan fingerprint density at radius 3 is 2.97 bits per heavy atom. The Morgan fingerprint density at radius 1 is 1.20 bits per heavy atom. The summed E-state index contributed by atoms with van der Waals surface area (Å²) in [6.45, 7) is 4.57. The van der Waals surface area contributed by atoms with Crippen molar-refractivity contribution < 1.29 is 14.3 Å². The molecule has 0 aromatic heterocycles. The van der Waals surface area contributed by atoms with Gasteiger partial charge in [-0.3, -0.25) is 4.79 Å². The van der Waals surface area contributed by atoms with Gasteiger partial charge in [-0.1, -0.05) is 18.2 Å². The second-order valence-corrected chi connectivity index (χ2v) is 7.41. The average molecular weight is 409 g/mol. The van der Waals surface area contributed by atoms with Crippen LogP contribution in [0.4, 0.5) is 5.69 Å². The molecule has 4 rings (SSSR count). The van der Waals surface area contributed by atoms with E-state index in [9.17, 15) is 4.79 Å². The molecule has 2 aromatic carbocycles. The number of amides is 1. The monoisotopic (exact) mass is 408 g/mol. The molecule has 1 amide bonds. The van der Waals surface area contributed by atoms with Gasteiger partial charge in [0.2, 0.25) is 5.91 Å². The molecule has 0 spiro atoms. The Labute approximate surface area is 176 Å². The van der Waals surface area contributed by atoms with Crippen molar-refractivity contribution in [2.75, 3.05) is 31.6 Å². The van der Waals surface area contributed by atoms with E-state index in [1.807, 2.05) is 43.3 Å². The Bertz CT molecular complexity index is 903. The lowest BCUT2D eigenvalue weighted by Gasteiger charge is -2.18. The van der Waals surface area contributed by atoms with Crippen LogP contribution in [0, 0.1) is 0 Å². The van der Waals surface area contributed by atoms with E-state index in [-0.39, 0.29) is 12.0 Å². The number of ether oxygens (including phenoxy) is 2. The maximum Gasteiger partial charge on any atom is 0.224 e. The summed E-state index contributed by atoms with van der Waals surface area (Å²) in [6.07, 6.45) is 2.24. The number of anilines is 1. The summed E-state index contributed by atoms with van der Waals surface area (Å²) in [4.78, 5) is 16.1. The molecule has 1 unspecified atom stereocenters. The first-order valence-corrected chi connectivity index (χ1v) is 10.5. The first-order chi connectivity index (χ1) is 14.7. The van der Waals surface area contributed by atoms with Gasteiger partial charge in [0.1, 0.15) is 24.2 Å². The number of benzene rings is 2. The number of nitrogens with one attached hydrogen (secondary N) is 3. The third-order valence-corrected chi connectivity index (χ3v) is 5.15. The van der Waals surface area contributed by atoms with E-state index in [1.165, 1.54) is 5.56 Å². The van der Waals surface area contributed by atoms with Crippen molar-refractivity contribution in [2.45, 2.75) is 32.3 Å². The van der Waals surface area contributed by atoms with Crippen molar-refractivity contribution >= 4 is 17.6 Å². The molecule has 2 aromatic rings. The fraction of sp³-hybridized carbons (Fsp3) is 0.391. The molecule has 0 bridgehead atoms. The minimum atomic E-state index is 0.0718. The molecule has 2 heterocycles. The van der Waals surface area contributed by atoms with Gasteiger partial charge >= 0.3 is 0 Å². The Balaban J connectivity index is 1.23. The Morgan fingerprint density at radius 2 is 2.10 bits per heavy atom. The molecule has 0 aliphatic carbocycles. The highest BCUT2D eigenvalue weighted by molar-refractivity contribution is 5.94. The van der Waals surface area contributed by atoms with Crippen molar-refractivity contribution in [3.8, 4) is 11.5 Å². The molecule has 2 aliphatic rings. The maximum atomic E-state index is 11.5. The number of nitrogens with zero attached hydrogens (tertiary/aromatic N) is 1. The summed E-state index contributed by atoms with van der Waals surface area (Å²) in [5.41, 5.74) is 3.25. The molecule has 30 heavy (non-hydrogen) atoms. The third-order valence-electron chi connectivity index (χ3n) is 5.15. The zero-order valence-electron chi connectivity index (χ0n) is 17.2. The van der Waals surface area contributed by atoms with Gasteiger partial charge in [-0.15, -0.1) is 0 Å². The van der Waals surface area contributed by atoms with Crippen LogP contribution in [0.1, 0.15) is 24.5 Å². The Kier molecular flexibility index (Phi) is 6.37. The minimum absolute atomic E-state index is 0.0718. The van der Waals surface area contributed by atoms with Crippen molar-refractivity contribution in [1.82, 2.24) is 10.6 Å². The van der Waals surface area contributed by atoms with Gasteiger partial charge < -0.3 is 25.4 Å². The highest BCUT2D eigenvalue weighted by atomic mass is 16.5. The number of hydrogen-bond acceptors (Lipinski definition) is 4. The van der Waals surface area contributed by atoms with E-state index in [1.54, 1.807) is 0 Å². The minimum Gasteiger partial charge on any atom is -0.492 e. The fourth-order valence-electron chi connectivity index (χ4n) is 3.68. The van der Waals surface area contributed by atoms with E-state index < -0.39 is 0 Å². The highest BCUT2D eigenvalue weighted by Gasteiger charge is 2.22. The third kappa shape index (κ3) is 5.03.